The molecule has 2 rings (SSSR count). The van der Waals surface area contributed by atoms with E-state index in [-0.39, 0.29) is 0 Å². The average Bonchev–Trinajstić information content (AvgIpc) is 2.79. The highest BCUT2D eigenvalue weighted by Crippen LogP contribution is 2.23. The molecule has 0 atom stereocenters. The summed E-state index contributed by atoms with van der Waals surface area (Å²) < 4.78 is 27.1. The van der Waals surface area contributed by atoms with E-state index in [2.05, 4.69) is 4.72 Å². The molecule has 1 aromatic heterocycles. The fourth-order valence-electron chi connectivity index (χ4n) is 1.61. The van der Waals surface area contributed by atoms with Crippen molar-refractivity contribution in [2.75, 3.05) is 10.6 Å². The van der Waals surface area contributed by atoms with Crippen molar-refractivity contribution in [2.24, 2.45) is 0 Å². The van der Waals surface area contributed by atoms with Crippen LogP contribution in [0.15, 0.2) is 40.6 Å². The molecule has 102 valence electrons. The van der Waals surface area contributed by atoms with E-state index in [1.54, 1.807) is 24.3 Å². The van der Waals surface area contributed by atoms with Crippen LogP contribution in [0.2, 0.25) is 0 Å². The van der Waals surface area contributed by atoms with Gasteiger partial charge in [-0.3, -0.25) is 4.72 Å². The van der Waals surface area contributed by atoms with Crippen LogP contribution < -0.4 is 4.72 Å². The van der Waals surface area contributed by atoms with Crippen molar-refractivity contribution in [2.45, 2.75) is 17.6 Å². The summed E-state index contributed by atoms with van der Waals surface area (Å²) in [5, 5.41) is 0. The first kappa shape index (κ1) is 14.4. The molecule has 0 spiro atoms. The number of sulfonamides is 1. The Labute approximate surface area is 122 Å². The summed E-state index contributed by atoms with van der Waals surface area (Å²) in [6, 6.07) is 10.7. The van der Waals surface area contributed by atoms with Gasteiger partial charge in [0.1, 0.15) is 4.21 Å². The number of aryl methyl sites for hydroxylation is 2. The third kappa shape index (κ3) is 3.72. The Kier molecular flexibility index (Phi) is 4.50. The largest absolute Gasteiger partial charge is 0.279 e. The molecule has 1 aromatic carbocycles. The van der Waals surface area contributed by atoms with Crippen molar-refractivity contribution in [3.8, 4) is 0 Å². The number of thiophene rings is 1. The zero-order chi connectivity index (χ0) is 13.9. The summed E-state index contributed by atoms with van der Waals surface area (Å²) in [6.07, 6.45) is 0.776. The van der Waals surface area contributed by atoms with E-state index in [0.717, 1.165) is 16.9 Å². The van der Waals surface area contributed by atoms with E-state index in [4.69, 9.17) is 11.6 Å². The van der Waals surface area contributed by atoms with Crippen molar-refractivity contribution in [3.05, 3.63) is 46.8 Å². The van der Waals surface area contributed by atoms with Crippen LogP contribution in [0.1, 0.15) is 10.4 Å². The molecule has 0 saturated carbocycles. The average molecular weight is 316 g/mol. The quantitative estimate of drug-likeness (QED) is 0.856. The Morgan fingerprint density at radius 3 is 2.37 bits per heavy atom. The van der Waals surface area contributed by atoms with Crippen molar-refractivity contribution in [1.82, 2.24) is 0 Å². The van der Waals surface area contributed by atoms with Gasteiger partial charge in [-0.15, -0.1) is 22.9 Å². The van der Waals surface area contributed by atoms with Gasteiger partial charge in [-0.05, 0) is 43.2 Å². The van der Waals surface area contributed by atoms with Gasteiger partial charge in [-0.25, -0.2) is 8.42 Å². The van der Waals surface area contributed by atoms with Gasteiger partial charge in [0, 0.05) is 16.4 Å². The molecular weight excluding hydrogens is 302 g/mol. The van der Waals surface area contributed by atoms with E-state index in [1.165, 1.54) is 11.3 Å². The Morgan fingerprint density at radius 2 is 1.84 bits per heavy atom. The van der Waals surface area contributed by atoms with E-state index < -0.39 is 10.0 Å². The SMILES string of the molecule is Cc1ccc(S(=O)(=O)Nc2ccc(CCCl)cc2)s1. The van der Waals surface area contributed by atoms with Crippen LogP contribution in [0.5, 0.6) is 0 Å². The Hall–Kier alpha value is -1.04. The molecule has 0 unspecified atom stereocenters. The number of hydrogen-bond donors (Lipinski definition) is 1. The molecule has 1 heterocycles. The first-order chi connectivity index (χ1) is 9.01. The van der Waals surface area contributed by atoms with Gasteiger partial charge in [0.05, 0.1) is 0 Å². The maximum atomic E-state index is 12.1. The molecule has 0 aliphatic rings. The standard InChI is InChI=1S/C13H14ClNO2S2/c1-10-2-7-13(18-10)19(16,17)15-12-5-3-11(4-6-12)8-9-14/h2-7,15H,8-9H2,1H3. The summed E-state index contributed by atoms with van der Waals surface area (Å²) in [4.78, 5) is 0.970. The molecule has 0 amide bonds. The van der Waals surface area contributed by atoms with E-state index in [0.29, 0.717) is 15.8 Å². The third-order valence-electron chi connectivity index (χ3n) is 2.57. The number of benzene rings is 1. The maximum absolute atomic E-state index is 12.1. The fourth-order valence-corrected chi connectivity index (χ4v) is 4.17. The van der Waals surface area contributed by atoms with E-state index in [1.807, 2.05) is 19.1 Å². The van der Waals surface area contributed by atoms with Crippen molar-refractivity contribution < 1.29 is 8.42 Å². The summed E-state index contributed by atoms with van der Waals surface area (Å²) in [5.74, 6) is 0.555. The number of anilines is 1. The number of hydrogen-bond acceptors (Lipinski definition) is 3. The molecule has 0 fully saturated rings. The number of rotatable bonds is 5. The van der Waals surface area contributed by atoms with Crippen LogP contribution in [0.4, 0.5) is 5.69 Å². The minimum Gasteiger partial charge on any atom is -0.279 e. The predicted molar refractivity (Wildman–Crippen MR) is 80.7 cm³/mol. The van der Waals surface area contributed by atoms with Gasteiger partial charge in [0.15, 0.2) is 0 Å². The van der Waals surface area contributed by atoms with Crippen LogP contribution in [-0.2, 0) is 16.4 Å². The molecule has 0 saturated heterocycles. The lowest BCUT2D eigenvalue weighted by Gasteiger charge is -2.07. The molecule has 0 bridgehead atoms. The third-order valence-corrected chi connectivity index (χ3v) is 5.63. The van der Waals surface area contributed by atoms with Gasteiger partial charge in [0.25, 0.3) is 10.0 Å². The summed E-state index contributed by atoms with van der Waals surface area (Å²) in [5.41, 5.74) is 1.65. The van der Waals surface area contributed by atoms with Crippen molar-refractivity contribution in [1.29, 1.82) is 0 Å². The Bertz CT molecular complexity index is 648. The molecular formula is C13H14ClNO2S2. The topological polar surface area (TPSA) is 46.2 Å². The van der Waals surface area contributed by atoms with Crippen LogP contribution in [0.3, 0.4) is 0 Å². The zero-order valence-electron chi connectivity index (χ0n) is 10.4. The van der Waals surface area contributed by atoms with Gasteiger partial charge < -0.3 is 0 Å². The summed E-state index contributed by atoms with van der Waals surface area (Å²) in [6.45, 7) is 1.88. The summed E-state index contributed by atoms with van der Waals surface area (Å²) >= 11 is 6.91. The second kappa shape index (κ2) is 5.94. The van der Waals surface area contributed by atoms with Crippen LogP contribution >= 0.6 is 22.9 Å². The lowest BCUT2D eigenvalue weighted by Crippen LogP contribution is -2.11. The lowest BCUT2D eigenvalue weighted by atomic mass is 10.2. The molecule has 3 nitrogen and oxygen atoms in total. The second-order valence-electron chi connectivity index (χ2n) is 4.11. The molecule has 0 aliphatic carbocycles. The summed E-state index contributed by atoms with van der Waals surface area (Å²) in [7, 11) is -3.48. The molecule has 2 aromatic rings. The highest BCUT2D eigenvalue weighted by Gasteiger charge is 2.15. The Balaban J connectivity index is 2.16. The molecule has 0 radical (unpaired) electrons. The van der Waals surface area contributed by atoms with Gasteiger partial charge in [0.2, 0.25) is 0 Å². The van der Waals surface area contributed by atoms with Crippen LogP contribution in [0, 0.1) is 6.92 Å². The van der Waals surface area contributed by atoms with Gasteiger partial charge >= 0.3 is 0 Å². The number of nitrogens with one attached hydrogen (secondary N) is 1. The van der Waals surface area contributed by atoms with E-state index in [9.17, 15) is 8.42 Å². The van der Waals surface area contributed by atoms with Crippen LogP contribution in [0.25, 0.3) is 0 Å². The van der Waals surface area contributed by atoms with Gasteiger partial charge in [-0.2, -0.15) is 0 Å². The smallest absolute Gasteiger partial charge is 0.271 e. The minimum absolute atomic E-state index is 0.329. The zero-order valence-corrected chi connectivity index (χ0v) is 12.8. The number of alkyl halides is 1. The second-order valence-corrected chi connectivity index (χ2v) is 7.68. The molecule has 19 heavy (non-hydrogen) atoms. The van der Waals surface area contributed by atoms with Gasteiger partial charge in [-0.1, -0.05) is 12.1 Å². The molecule has 0 aliphatic heterocycles. The minimum atomic E-state index is -3.48. The monoisotopic (exact) mass is 315 g/mol. The first-order valence-corrected chi connectivity index (χ1v) is 8.59. The lowest BCUT2D eigenvalue weighted by molar-refractivity contribution is 0.603. The maximum Gasteiger partial charge on any atom is 0.271 e. The fraction of sp³-hybridized carbons (Fsp3) is 0.231. The highest BCUT2D eigenvalue weighted by atomic mass is 35.5. The predicted octanol–water partition coefficient (Wildman–Crippen LogP) is 3.64. The first-order valence-electron chi connectivity index (χ1n) is 5.75. The van der Waals surface area contributed by atoms with Crippen molar-refractivity contribution >= 4 is 38.6 Å². The normalized spacial score (nSPS) is 11.5. The number of halogens is 1. The van der Waals surface area contributed by atoms with Crippen LogP contribution in [-0.4, -0.2) is 14.3 Å². The molecule has 6 heteroatoms. The van der Waals surface area contributed by atoms with E-state index >= 15 is 0 Å². The molecule has 1 N–H and O–H groups in total. The Morgan fingerprint density at radius 1 is 1.16 bits per heavy atom. The highest BCUT2D eigenvalue weighted by molar-refractivity contribution is 7.94. The van der Waals surface area contributed by atoms with Crippen molar-refractivity contribution in [3.63, 3.8) is 0 Å².